The van der Waals surface area contributed by atoms with Crippen molar-refractivity contribution >= 4 is 28.1 Å². The highest BCUT2D eigenvalue weighted by Gasteiger charge is 2.09. The van der Waals surface area contributed by atoms with Crippen molar-refractivity contribution in [1.29, 1.82) is 5.26 Å². The Hall–Kier alpha value is -2.46. The van der Waals surface area contributed by atoms with E-state index >= 15 is 0 Å². The van der Waals surface area contributed by atoms with E-state index in [4.69, 9.17) is 10.4 Å². The van der Waals surface area contributed by atoms with Gasteiger partial charge in [-0.3, -0.25) is 0 Å². The number of carbonyl (C=O) groups is 1. The Morgan fingerprint density at radius 2 is 2.33 bits per heavy atom. The van der Waals surface area contributed by atoms with Crippen LogP contribution in [0.15, 0.2) is 23.6 Å². The lowest BCUT2D eigenvalue weighted by molar-refractivity contribution is 0.0691. The fraction of sp³-hybridized carbons (Fsp3) is 0. The third-order valence-corrected chi connectivity index (χ3v) is 2.82. The van der Waals surface area contributed by atoms with E-state index in [1.165, 1.54) is 17.5 Å². The molecule has 1 aromatic carbocycles. The number of aromatic carboxylic acids is 1. The van der Waals surface area contributed by atoms with Gasteiger partial charge >= 0.3 is 5.97 Å². The van der Waals surface area contributed by atoms with E-state index in [9.17, 15) is 9.18 Å². The Bertz CT molecular complexity index is 648. The fourth-order valence-electron chi connectivity index (χ4n) is 1.24. The highest BCUT2D eigenvalue weighted by Crippen LogP contribution is 2.22. The molecule has 0 aliphatic rings. The molecule has 1 heterocycles. The van der Waals surface area contributed by atoms with Crippen LogP contribution in [0.3, 0.4) is 0 Å². The van der Waals surface area contributed by atoms with Crippen molar-refractivity contribution < 1.29 is 14.3 Å². The molecule has 2 rings (SSSR count). The lowest BCUT2D eigenvalue weighted by Crippen LogP contribution is -1.97. The van der Waals surface area contributed by atoms with Crippen LogP contribution in [0.5, 0.6) is 0 Å². The maximum atomic E-state index is 13.1. The highest BCUT2D eigenvalue weighted by molar-refractivity contribution is 7.14. The van der Waals surface area contributed by atoms with Gasteiger partial charge in [0, 0.05) is 11.1 Å². The van der Waals surface area contributed by atoms with Crippen molar-refractivity contribution in [3.05, 3.63) is 40.7 Å². The van der Waals surface area contributed by atoms with Crippen LogP contribution in [0, 0.1) is 17.1 Å². The summed E-state index contributed by atoms with van der Waals surface area (Å²) in [7, 11) is 0. The van der Waals surface area contributed by atoms with Gasteiger partial charge in [-0.1, -0.05) is 0 Å². The first-order valence-corrected chi connectivity index (χ1v) is 5.63. The standard InChI is InChI=1S/C11H6FN3O2S/c12-8-2-1-7(3-6(8)4-13)14-11-15-9(5-18-11)10(16)17/h1-3,5H,(H,14,15)(H,16,17). The summed E-state index contributed by atoms with van der Waals surface area (Å²) >= 11 is 1.11. The van der Waals surface area contributed by atoms with Gasteiger partial charge < -0.3 is 10.4 Å². The van der Waals surface area contributed by atoms with E-state index in [0.29, 0.717) is 10.8 Å². The minimum Gasteiger partial charge on any atom is -0.476 e. The van der Waals surface area contributed by atoms with Crippen LogP contribution in [-0.2, 0) is 0 Å². The first-order chi connectivity index (χ1) is 8.60. The molecule has 7 heteroatoms. The average Bonchev–Trinajstić information content (AvgIpc) is 2.80. The molecule has 2 aromatic rings. The molecule has 0 amide bonds. The first kappa shape index (κ1) is 12.0. The number of nitriles is 1. The number of benzene rings is 1. The van der Waals surface area contributed by atoms with E-state index in [0.717, 1.165) is 17.4 Å². The Labute approximate surface area is 105 Å². The summed E-state index contributed by atoms with van der Waals surface area (Å²) < 4.78 is 13.1. The maximum Gasteiger partial charge on any atom is 0.355 e. The van der Waals surface area contributed by atoms with Crippen molar-refractivity contribution in [2.75, 3.05) is 5.32 Å². The van der Waals surface area contributed by atoms with Gasteiger partial charge in [-0.15, -0.1) is 11.3 Å². The lowest BCUT2D eigenvalue weighted by Gasteiger charge is -2.02. The number of carboxylic acids is 1. The van der Waals surface area contributed by atoms with E-state index in [2.05, 4.69) is 10.3 Å². The topological polar surface area (TPSA) is 86.0 Å². The van der Waals surface area contributed by atoms with Gasteiger partial charge in [0.2, 0.25) is 0 Å². The van der Waals surface area contributed by atoms with Gasteiger partial charge in [-0.05, 0) is 18.2 Å². The van der Waals surface area contributed by atoms with Crippen molar-refractivity contribution in [2.24, 2.45) is 0 Å². The summed E-state index contributed by atoms with van der Waals surface area (Å²) in [6, 6.07) is 5.65. The zero-order chi connectivity index (χ0) is 13.1. The first-order valence-electron chi connectivity index (χ1n) is 4.75. The molecule has 0 fully saturated rings. The van der Waals surface area contributed by atoms with Gasteiger partial charge in [0.15, 0.2) is 10.8 Å². The molecule has 5 nitrogen and oxygen atoms in total. The van der Waals surface area contributed by atoms with Crippen LogP contribution in [0.4, 0.5) is 15.2 Å². The second-order valence-corrected chi connectivity index (χ2v) is 4.13. The Balaban J connectivity index is 2.23. The molecule has 0 radical (unpaired) electrons. The minimum atomic E-state index is -1.11. The van der Waals surface area contributed by atoms with E-state index in [-0.39, 0.29) is 11.3 Å². The lowest BCUT2D eigenvalue weighted by atomic mass is 10.2. The van der Waals surface area contributed by atoms with E-state index < -0.39 is 11.8 Å². The third-order valence-electron chi connectivity index (χ3n) is 2.06. The molecule has 0 spiro atoms. The summed E-state index contributed by atoms with van der Waals surface area (Å²) in [4.78, 5) is 14.4. The molecule has 0 atom stereocenters. The summed E-state index contributed by atoms with van der Waals surface area (Å²) in [5.41, 5.74) is 0.319. The molecule has 0 saturated heterocycles. The number of carboxylic acid groups (broad SMARTS) is 1. The SMILES string of the molecule is N#Cc1cc(Nc2nc(C(=O)O)cs2)ccc1F. The molecule has 1 aromatic heterocycles. The monoisotopic (exact) mass is 263 g/mol. The summed E-state index contributed by atoms with van der Waals surface area (Å²) in [6.07, 6.45) is 0. The molecule has 90 valence electrons. The molecule has 0 saturated carbocycles. The molecular formula is C11H6FN3O2S. The number of anilines is 2. The smallest absolute Gasteiger partial charge is 0.355 e. The molecule has 0 aliphatic carbocycles. The highest BCUT2D eigenvalue weighted by atomic mass is 32.1. The maximum absolute atomic E-state index is 13.1. The Morgan fingerprint density at radius 3 is 2.94 bits per heavy atom. The van der Waals surface area contributed by atoms with Crippen LogP contribution < -0.4 is 5.32 Å². The summed E-state index contributed by atoms with van der Waals surface area (Å²) in [5.74, 6) is -1.72. The molecule has 0 unspecified atom stereocenters. The molecule has 0 bridgehead atoms. The number of rotatable bonds is 3. The van der Waals surface area contributed by atoms with Gasteiger partial charge in [-0.25, -0.2) is 14.2 Å². The number of aromatic nitrogens is 1. The minimum absolute atomic E-state index is 0.0647. The van der Waals surface area contributed by atoms with Crippen LogP contribution in [0.25, 0.3) is 0 Å². The largest absolute Gasteiger partial charge is 0.476 e. The van der Waals surface area contributed by atoms with Gasteiger partial charge in [0.1, 0.15) is 11.9 Å². The Morgan fingerprint density at radius 1 is 1.56 bits per heavy atom. The number of hydrogen-bond acceptors (Lipinski definition) is 5. The third kappa shape index (κ3) is 2.44. The fourth-order valence-corrected chi connectivity index (χ4v) is 1.95. The van der Waals surface area contributed by atoms with Crippen LogP contribution in [0.2, 0.25) is 0 Å². The van der Waals surface area contributed by atoms with Crippen LogP contribution in [0.1, 0.15) is 16.1 Å². The zero-order valence-electron chi connectivity index (χ0n) is 8.85. The number of halogens is 1. The zero-order valence-corrected chi connectivity index (χ0v) is 9.66. The predicted octanol–water partition coefficient (Wildman–Crippen LogP) is 2.60. The number of hydrogen-bond donors (Lipinski definition) is 2. The van der Waals surface area contributed by atoms with Gasteiger partial charge in [-0.2, -0.15) is 5.26 Å². The second kappa shape index (κ2) is 4.81. The van der Waals surface area contributed by atoms with E-state index in [1.54, 1.807) is 6.07 Å². The van der Waals surface area contributed by atoms with Gasteiger partial charge in [0.05, 0.1) is 5.56 Å². The summed E-state index contributed by atoms with van der Waals surface area (Å²) in [5, 5.41) is 21.9. The van der Waals surface area contributed by atoms with Crippen molar-refractivity contribution in [3.63, 3.8) is 0 Å². The number of thiazole rings is 1. The Kier molecular flexibility index (Phi) is 3.21. The van der Waals surface area contributed by atoms with Crippen LogP contribution >= 0.6 is 11.3 Å². The molecule has 18 heavy (non-hydrogen) atoms. The molecule has 0 aliphatic heterocycles. The van der Waals surface area contributed by atoms with Crippen molar-refractivity contribution in [1.82, 2.24) is 4.98 Å². The predicted molar refractivity (Wildman–Crippen MR) is 63.5 cm³/mol. The number of nitrogens with zero attached hydrogens (tertiary/aromatic N) is 2. The number of nitrogens with one attached hydrogen (secondary N) is 1. The van der Waals surface area contributed by atoms with Crippen molar-refractivity contribution in [3.8, 4) is 6.07 Å². The van der Waals surface area contributed by atoms with Crippen molar-refractivity contribution in [2.45, 2.75) is 0 Å². The average molecular weight is 263 g/mol. The normalized spacial score (nSPS) is 9.78. The van der Waals surface area contributed by atoms with E-state index in [1.807, 2.05) is 0 Å². The molecule has 2 N–H and O–H groups in total. The van der Waals surface area contributed by atoms with Gasteiger partial charge in [0.25, 0.3) is 0 Å². The second-order valence-electron chi connectivity index (χ2n) is 3.27. The summed E-state index contributed by atoms with van der Waals surface area (Å²) in [6.45, 7) is 0. The quantitative estimate of drug-likeness (QED) is 0.888. The molecular weight excluding hydrogens is 257 g/mol. The van der Waals surface area contributed by atoms with Crippen LogP contribution in [-0.4, -0.2) is 16.1 Å².